The predicted octanol–water partition coefficient (Wildman–Crippen LogP) is 3.41. The van der Waals surface area contributed by atoms with E-state index in [0.29, 0.717) is 26.2 Å². The number of ether oxygens (including phenoxy) is 1. The van der Waals surface area contributed by atoms with Gasteiger partial charge in [0.1, 0.15) is 5.25 Å². The highest BCUT2D eigenvalue weighted by Crippen LogP contribution is 2.37. The van der Waals surface area contributed by atoms with Crippen LogP contribution >= 0.6 is 11.8 Å². The van der Waals surface area contributed by atoms with Crippen LogP contribution in [-0.2, 0) is 20.9 Å². The van der Waals surface area contributed by atoms with E-state index in [1.807, 2.05) is 46.7 Å². The molecule has 8 heteroatoms. The number of benzene rings is 1. The number of methoxy groups -OCH3 is 1. The largest absolute Gasteiger partial charge is 0.385 e. The lowest BCUT2D eigenvalue weighted by Crippen LogP contribution is -2.62. The second-order valence-electron chi connectivity index (χ2n) is 9.08. The van der Waals surface area contributed by atoms with Crippen LogP contribution in [0.3, 0.4) is 0 Å². The number of nitrogens with zero attached hydrogens (tertiary/aromatic N) is 2. The van der Waals surface area contributed by atoms with Gasteiger partial charge < -0.3 is 15.0 Å². The SMILES string of the molecule is COCCCNC(=O)C1CCC(CN2C(=O)C3SC=CC3N(Cc3ccccc3)C2=O)CC1. The van der Waals surface area contributed by atoms with Crippen LogP contribution in [0, 0.1) is 11.8 Å². The van der Waals surface area contributed by atoms with Gasteiger partial charge in [-0.3, -0.25) is 14.5 Å². The summed E-state index contributed by atoms with van der Waals surface area (Å²) in [5, 5.41) is 4.68. The Kier molecular flexibility index (Phi) is 8.09. The maximum atomic E-state index is 13.4. The topological polar surface area (TPSA) is 79.0 Å². The molecule has 0 spiro atoms. The Bertz CT molecular complexity index is 870. The maximum Gasteiger partial charge on any atom is 0.327 e. The molecule has 2 atom stereocenters. The van der Waals surface area contributed by atoms with Crippen molar-refractivity contribution in [2.24, 2.45) is 11.8 Å². The van der Waals surface area contributed by atoms with Crippen LogP contribution in [0.4, 0.5) is 4.79 Å². The molecular weight excluding hydrogens is 438 g/mol. The number of carbonyl (C=O) groups excluding carboxylic acids is 3. The summed E-state index contributed by atoms with van der Waals surface area (Å²) < 4.78 is 5.02. The van der Waals surface area contributed by atoms with Crippen molar-refractivity contribution in [3.63, 3.8) is 0 Å². The van der Waals surface area contributed by atoms with E-state index in [1.54, 1.807) is 7.11 Å². The van der Waals surface area contributed by atoms with E-state index < -0.39 is 0 Å². The molecular formula is C25H33N3O4S. The Morgan fingerprint density at radius 1 is 1.15 bits per heavy atom. The quantitative estimate of drug-likeness (QED) is 0.559. The molecule has 4 amide bonds. The van der Waals surface area contributed by atoms with Gasteiger partial charge in [-0.25, -0.2) is 4.79 Å². The monoisotopic (exact) mass is 471 g/mol. The Morgan fingerprint density at radius 3 is 2.64 bits per heavy atom. The smallest absolute Gasteiger partial charge is 0.327 e. The lowest BCUT2D eigenvalue weighted by molar-refractivity contribution is -0.132. The molecule has 1 aromatic carbocycles. The number of hydrogen-bond donors (Lipinski definition) is 1. The van der Waals surface area contributed by atoms with Crippen LogP contribution < -0.4 is 5.32 Å². The molecule has 0 bridgehead atoms. The molecule has 1 saturated heterocycles. The van der Waals surface area contributed by atoms with Gasteiger partial charge in [-0.2, -0.15) is 0 Å². The van der Waals surface area contributed by atoms with Crippen molar-refractivity contribution in [3.8, 4) is 0 Å². The second-order valence-corrected chi connectivity index (χ2v) is 10.1. The van der Waals surface area contributed by atoms with E-state index in [-0.39, 0.29) is 41.0 Å². The normalized spacial score (nSPS) is 27.1. The third kappa shape index (κ3) is 5.61. The van der Waals surface area contributed by atoms with Gasteiger partial charge in [0.25, 0.3) is 0 Å². The fraction of sp³-hybridized carbons (Fsp3) is 0.560. The van der Waals surface area contributed by atoms with Gasteiger partial charge in [0.15, 0.2) is 0 Å². The third-order valence-electron chi connectivity index (χ3n) is 6.84. The molecule has 1 aromatic rings. The number of thioether (sulfide) groups is 1. The van der Waals surface area contributed by atoms with Crippen LogP contribution in [0.25, 0.3) is 0 Å². The van der Waals surface area contributed by atoms with Crippen LogP contribution in [0.5, 0.6) is 0 Å². The summed E-state index contributed by atoms with van der Waals surface area (Å²) in [5.74, 6) is 0.289. The van der Waals surface area contributed by atoms with Gasteiger partial charge in [0, 0.05) is 39.3 Å². The van der Waals surface area contributed by atoms with Crippen molar-refractivity contribution in [1.29, 1.82) is 0 Å². The number of rotatable bonds is 9. The van der Waals surface area contributed by atoms with Gasteiger partial charge in [-0.1, -0.05) is 36.4 Å². The summed E-state index contributed by atoms with van der Waals surface area (Å²) >= 11 is 1.50. The summed E-state index contributed by atoms with van der Waals surface area (Å²) in [4.78, 5) is 42.3. The van der Waals surface area contributed by atoms with Crippen LogP contribution in [-0.4, -0.2) is 65.7 Å². The molecule has 3 aliphatic rings. The molecule has 2 aliphatic heterocycles. The van der Waals surface area contributed by atoms with Crippen LogP contribution in [0.1, 0.15) is 37.7 Å². The van der Waals surface area contributed by atoms with Crippen molar-refractivity contribution in [2.45, 2.75) is 49.9 Å². The molecule has 0 aromatic heterocycles. The van der Waals surface area contributed by atoms with Gasteiger partial charge in [-0.05, 0) is 49.0 Å². The van der Waals surface area contributed by atoms with Crippen LogP contribution in [0.2, 0.25) is 0 Å². The minimum atomic E-state index is -0.263. The fourth-order valence-corrected chi connectivity index (χ4v) is 6.02. The molecule has 2 unspecified atom stereocenters. The van der Waals surface area contributed by atoms with Crippen LogP contribution in [0.15, 0.2) is 41.8 Å². The second kappa shape index (κ2) is 11.2. The average molecular weight is 472 g/mol. The van der Waals surface area contributed by atoms with E-state index in [4.69, 9.17) is 4.74 Å². The summed E-state index contributed by atoms with van der Waals surface area (Å²) in [6, 6.07) is 9.53. The molecule has 4 rings (SSSR count). The maximum absolute atomic E-state index is 13.4. The van der Waals surface area contributed by atoms with Crippen molar-refractivity contribution >= 4 is 29.6 Å². The third-order valence-corrected chi connectivity index (χ3v) is 7.92. The summed E-state index contributed by atoms with van der Waals surface area (Å²) in [7, 11) is 1.66. The molecule has 1 saturated carbocycles. The first-order chi connectivity index (χ1) is 16.1. The van der Waals surface area contributed by atoms with Crippen molar-refractivity contribution < 1.29 is 19.1 Å². The van der Waals surface area contributed by atoms with E-state index in [9.17, 15) is 14.4 Å². The standard InChI is InChI=1S/C25H33N3O4S/c1-32-14-5-13-26-23(29)20-10-8-19(9-11-20)17-28-24(30)22-21(12-15-33-22)27(25(28)31)16-18-6-3-2-4-7-18/h2-4,6-7,12,15,19-22H,5,8-11,13-14,16-17H2,1H3,(H,26,29). The molecule has 1 aliphatic carbocycles. The Balaban J connectivity index is 1.34. The zero-order valence-electron chi connectivity index (χ0n) is 19.2. The zero-order chi connectivity index (χ0) is 23.2. The van der Waals surface area contributed by atoms with Gasteiger partial charge in [0.2, 0.25) is 11.8 Å². The first kappa shape index (κ1) is 23.8. The van der Waals surface area contributed by atoms with E-state index >= 15 is 0 Å². The number of imide groups is 1. The summed E-state index contributed by atoms with van der Waals surface area (Å²) in [6.45, 7) is 2.21. The number of hydrogen-bond acceptors (Lipinski definition) is 5. The first-order valence-corrected chi connectivity index (χ1v) is 12.8. The average Bonchev–Trinajstić information content (AvgIpc) is 3.33. The van der Waals surface area contributed by atoms with Crippen molar-refractivity contribution in [1.82, 2.24) is 15.1 Å². The first-order valence-electron chi connectivity index (χ1n) is 11.8. The Morgan fingerprint density at radius 2 is 1.91 bits per heavy atom. The number of amides is 4. The summed E-state index contributed by atoms with van der Waals surface area (Å²) in [6.07, 6.45) is 6.09. The molecule has 2 fully saturated rings. The Labute approximate surface area is 199 Å². The molecule has 178 valence electrons. The van der Waals surface area contributed by atoms with E-state index in [0.717, 1.165) is 37.7 Å². The van der Waals surface area contributed by atoms with Gasteiger partial charge in [-0.15, -0.1) is 11.8 Å². The van der Waals surface area contributed by atoms with E-state index in [1.165, 1.54) is 16.7 Å². The number of urea groups is 1. The van der Waals surface area contributed by atoms with Crippen molar-refractivity contribution in [2.75, 3.05) is 26.8 Å². The number of carbonyl (C=O) groups is 3. The molecule has 7 nitrogen and oxygen atoms in total. The predicted molar refractivity (Wildman–Crippen MR) is 128 cm³/mol. The highest BCUT2D eigenvalue weighted by atomic mass is 32.2. The zero-order valence-corrected chi connectivity index (χ0v) is 20.0. The van der Waals surface area contributed by atoms with Crippen molar-refractivity contribution in [3.05, 3.63) is 47.4 Å². The highest BCUT2D eigenvalue weighted by molar-refractivity contribution is 8.03. The van der Waals surface area contributed by atoms with E-state index in [2.05, 4.69) is 5.32 Å². The summed E-state index contributed by atoms with van der Waals surface area (Å²) in [5.41, 5.74) is 1.06. The number of nitrogens with one attached hydrogen (secondary N) is 1. The minimum absolute atomic E-state index is 0.0186. The number of fused-ring (bicyclic) bond motifs is 1. The molecule has 33 heavy (non-hydrogen) atoms. The molecule has 1 N–H and O–H groups in total. The van der Waals surface area contributed by atoms with Gasteiger partial charge >= 0.3 is 6.03 Å². The Hall–Kier alpha value is -2.32. The molecule has 2 heterocycles. The lowest BCUT2D eigenvalue weighted by atomic mass is 9.81. The fourth-order valence-electron chi connectivity index (χ4n) is 4.95. The van der Waals surface area contributed by atoms with Gasteiger partial charge in [0.05, 0.1) is 6.04 Å². The lowest BCUT2D eigenvalue weighted by Gasteiger charge is -2.43. The highest BCUT2D eigenvalue weighted by Gasteiger charge is 2.47. The minimum Gasteiger partial charge on any atom is -0.385 e. The molecule has 0 radical (unpaired) electrons.